The molecule has 1 aromatic rings. The van der Waals surface area contributed by atoms with Crippen LogP contribution in [0.15, 0.2) is 23.1 Å². The predicted octanol–water partition coefficient (Wildman–Crippen LogP) is 2.67. The summed E-state index contributed by atoms with van der Waals surface area (Å²) in [5, 5.41) is 0. The molecule has 0 saturated heterocycles. The fraction of sp³-hybridized carbons (Fsp3) is 0.600. The quantitative estimate of drug-likeness (QED) is 0.838. The number of hydrogen-bond acceptors (Lipinski definition) is 4. The van der Waals surface area contributed by atoms with Crippen LogP contribution in [-0.2, 0) is 10.0 Å². The fourth-order valence-electron chi connectivity index (χ4n) is 2.72. The largest absolute Gasteiger partial charge is 0.495 e. The highest BCUT2D eigenvalue weighted by Crippen LogP contribution is 2.25. The molecule has 118 valence electrons. The molecule has 1 aliphatic carbocycles. The molecule has 0 aliphatic heterocycles. The van der Waals surface area contributed by atoms with E-state index in [1.807, 2.05) is 0 Å². The Morgan fingerprint density at radius 2 is 1.76 bits per heavy atom. The van der Waals surface area contributed by atoms with E-state index in [0.717, 1.165) is 25.7 Å². The van der Waals surface area contributed by atoms with Crippen molar-refractivity contribution in [3.63, 3.8) is 0 Å². The first-order valence-corrected chi connectivity index (χ1v) is 8.97. The van der Waals surface area contributed by atoms with Gasteiger partial charge in [0, 0.05) is 12.1 Å². The van der Waals surface area contributed by atoms with E-state index in [1.165, 1.54) is 38.5 Å². The van der Waals surface area contributed by atoms with E-state index in [9.17, 15) is 8.42 Å². The minimum atomic E-state index is -3.52. The molecule has 0 unspecified atom stereocenters. The molecule has 0 radical (unpaired) electrons. The van der Waals surface area contributed by atoms with Crippen molar-refractivity contribution in [1.29, 1.82) is 0 Å². The van der Waals surface area contributed by atoms with Crippen LogP contribution in [0.25, 0.3) is 0 Å². The Balaban J connectivity index is 2.13. The predicted molar refractivity (Wildman–Crippen MR) is 83.8 cm³/mol. The maximum atomic E-state index is 12.5. The average Bonchev–Trinajstić information content (AvgIpc) is 2.42. The molecule has 21 heavy (non-hydrogen) atoms. The summed E-state index contributed by atoms with van der Waals surface area (Å²) < 4.78 is 32.9. The second-order valence-corrected chi connectivity index (χ2v) is 7.28. The standard InChI is InChI=1S/C15H24N2O3S/c1-20-15-11-13(9-10-14(15)16)21(18,19)17-12-7-5-3-2-4-6-8-12/h9-12,17H,2-8,16H2,1H3. The van der Waals surface area contributed by atoms with Crippen LogP contribution in [0, 0.1) is 0 Å². The van der Waals surface area contributed by atoms with E-state index in [4.69, 9.17) is 10.5 Å². The lowest BCUT2D eigenvalue weighted by molar-refractivity contribution is 0.414. The third-order valence-corrected chi connectivity index (χ3v) is 5.46. The maximum Gasteiger partial charge on any atom is 0.240 e. The van der Waals surface area contributed by atoms with Gasteiger partial charge < -0.3 is 10.5 Å². The van der Waals surface area contributed by atoms with Crippen molar-refractivity contribution in [3.8, 4) is 5.75 Å². The maximum absolute atomic E-state index is 12.5. The summed E-state index contributed by atoms with van der Waals surface area (Å²) in [6.45, 7) is 0. The van der Waals surface area contributed by atoms with E-state index in [2.05, 4.69) is 4.72 Å². The molecule has 3 N–H and O–H groups in total. The summed E-state index contributed by atoms with van der Waals surface area (Å²) in [6.07, 6.45) is 7.61. The Morgan fingerprint density at radius 3 is 2.38 bits per heavy atom. The number of benzene rings is 1. The summed E-state index contributed by atoms with van der Waals surface area (Å²) in [7, 11) is -2.05. The molecule has 1 saturated carbocycles. The van der Waals surface area contributed by atoms with Crippen LogP contribution in [0.2, 0.25) is 0 Å². The molecule has 6 heteroatoms. The van der Waals surface area contributed by atoms with Gasteiger partial charge in [0.15, 0.2) is 0 Å². The molecule has 2 rings (SSSR count). The number of nitrogens with two attached hydrogens (primary N) is 1. The van der Waals surface area contributed by atoms with Gasteiger partial charge in [0.1, 0.15) is 5.75 Å². The molecule has 0 atom stereocenters. The van der Waals surface area contributed by atoms with Crippen molar-refractivity contribution < 1.29 is 13.2 Å². The first kappa shape index (κ1) is 16.1. The molecule has 0 bridgehead atoms. The lowest BCUT2D eigenvalue weighted by atomic mass is 9.97. The van der Waals surface area contributed by atoms with E-state index in [0.29, 0.717) is 11.4 Å². The molecule has 0 amide bonds. The highest BCUT2D eigenvalue weighted by Gasteiger charge is 2.21. The fourth-order valence-corrected chi connectivity index (χ4v) is 4.04. The van der Waals surface area contributed by atoms with Crippen molar-refractivity contribution in [2.45, 2.75) is 55.9 Å². The Labute approximate surface area is 126 Å². The van der Waals surface area contributed by atoms with E-state index >= 15 is 0 Å². The van der Waals surface area contributed by atoms with Crippen LogP contribution in [0.3, 0.4) is 0 Å². The van der Waals surface area contributed by atoms with Crippen molar-refractivity contribution in [1.82, 2.24) is 4.72 Å². The minimum absolute atomic E-state index is 0.0267. The third-order valence-electron chi connectivity index (χ3n) is 3.94. The van der Waals surface area contributed by atoms with Gasteiger partial charge in [-0.3, -0.25) is 0 Å². The molecule has 5 nitrogen and oxygen atoms in total. The number of nitrogen functional groups attached to an aromatic ring is 1. The highest BCUT2D eigenvalue weighted by atomic mass is 32.2. The zero-order valence-electron chi connectivity index (χ0n) is 12.5. The highest BCUT2D eigenvalue weighted by molar-refractivity contribution is 7.89. The normalized spacial score (nSPS) is 18.0. The topological polar surface area (TPSA) is 81.4 Å². The van der Waals surface area contributed by atoms with Gasteiger partial charge in [0.2, 0.25) is 10.0 Å². The van der Waals surface area contributed by atoms with Crippen molar-refractivity contribution >= 4 is 15.7 Å². The monoisotopic (exact) mass is 312 g/mol. The minimum Gasteiger partial charge on any atom is -0.495 e. The molecule has 1 fully saturated rings. The molecule has 0 spiro atoms. The number of anilines is 1. The Bertz CT molecular complexity index is 564. The Morgan fingerprint density at radius 1 is 1.14 bits per heavy atom. The van der Waals surface area contributed by atoms with Gasteiger partial charge in [-0.1, -0.05) is 32.1 Å². The molecule has 1 aromatic carbocycles. The van der Waals surface area contributed by atoms with Crippen LogP contribution in [0.4, 0.5) is 5.69 Å². The van der Waals surface area contributed by atoms with E-state index in [-0.39, 0.29) is 10.9 Å². The van der Waals surface area contributed by atoms with Gasteiger partial charge >= 0.3 is 0 Å². The number of rotatable bonds is 4. The van der Waals surface area contributed by atoms with Gasteiger partial charge in [-0.15, -0.1) is 0 Å². The lowest BCUT2D eigenvalue weighted by Crippen LogP contribution is -2.35. The molecule has 0 heterocycles. The second kappa shape index (κ2) is 7.13. The molecule has 1 aliphatic rings. The van der Waals surface area contributed by atoms with Crippen LogP contribution in [0.1, 0.15) is 44.9 Å². The summed E-state index contributed by atoms with van der Waals surface area (Å²) in [5.41, 5.74) is 6.16. The number of sulfonamides is 1. The lowest BCUT2D eigenvalue weighted by Gasteiger charge is -2.21. The number of nitrogens with one attached hydrogen (secondary N) is 1. The molecule has 0 aromatic heterocycles. The van der Waals surface area contributed by atoms with Crippen LogP contribution < -0.4 is 15.2 Å². The van der Waals surface area contributed by atoms with Gasteiger partial charge in [-0.2, -0.15) is 0 Å². The Hall–Kier alpha value is -1.27. The average molecular weight is 312 g/mol. The SMILES string of the molecule is COc1cc(S(=O)(=O)NC2CCCCCCC2)ccc1N. The van der Waals surface area contributed by atoms with Crippen molar-refractivity contribution in [2.75, 3.05) is 12.8 Å². The van der Waals surface area contributed by atoms with Gasteiger partial charge in [-0.25, -0.2) is 13.1 Å². The summed E-state index contributed by atoms with van der Waals surface area (Å²) in [4.78, 5) is 0.204. The van der Waals surface area contributed by atoms with Crippen molar-refractivity contribution in [2.24, 2.45) is 0 Å². The van der Waals surface area contributed by atoms with E-state index < -0.39 is 10.0 Å². The first-order chi connectivity index (χ1) is 10.0. The zero-order chi connectivity index (χ0) is 15.3. The van der Waals surface area contributed by atoms with Crippen LogP contribution in [-0.4, -0.2) is 21.6 Å². The van der Waals surface area contributed by atoms with Gasteiger partial charge in [0.05, 0.1) is 17.7 Å². The number of methoxy groups -OCH3 is 1. The first-order valence-electron chi connectivity index (χ1n) is 7.49. The zero-order valence-corrected chi connectivity index (χ0v) is 13.3. The van der Waals surface area contributed by atoms with Gasteiger partial charge in [-0.05, 0) is 25.0 Å². The third kappa shape index (κ3) is 4.35. The van der Waals surface area contributed by atoms with Gasteiger partial charge in [0.25, 0.3) is 0 Å². The number of ether oxygens (including phenoxy) is 1. The summed E-state index contributed by atoms with van der Waals surface area (Å²) in [6, 6.07) is 4.58. The number of hydrogen-bond donors (Lipinski definition) is 2. The van der Waals surface area contributed by atoms with Crippen molar-refractivity contribution in [3.05, 3.63) is 18.2 Å². The molecular formula is C15H24N2O3S. The van der Waals surface area contributed by atoms with Crippen LogP contribution >= 0.6 is 0 Å². The summed E-state index contributed by atoms with van der Waals surface area (Å²) in [5.74, 6) is 0.385. The Kier molecular flexibility index (Phi) is 5.47. The second-order valence-electron chi connectivity index (χ2n) is 5.57. The van der Waals surface area contributed by atoms with E-state index in [1.54, 1.807) is 6.07 Å². The molecular weight excluding hydrogens is 288 g/mol. The van der Waals surface area contributed by atoms with Crippen LogP contribution in [0.5, 0.6) is 5.75 Å². The summed E-state index contributed by atoms with van der Waals surface area (Å²) >= 11 is 0. The smallest absolute Gasteiger partial charge is 0.240 e.